The van der Waals surface area contributed by atoms with Gasteiger partial charge in [0, 0.05) is 31.1 Å². The van der Waals surface area contributed by atoms with Crippen molar-refractivity contribution in [1.29, 1.82) is 0 Å². The van der Waals surface area contributed by atoms with Crippen LogP contribution in [0.5, 0.6) is 5.75 Å². The van der Waals surface area contributed by atoms with Gasteiger partial charge < -0.3 is 25.2 Å². The van der Waals surface area contributed by atoms with E-state index in [0.29, 0.717) is 11.5 Å². The zero-order valence-electron chi connectivity index (χ0n) is 18.7. The molecule has 2 heterocycles. The van der Waals surface area contributed by atoms with E-state index in [-0.39, 0.29) is 11.9 Å². The molecule has 2 saturated heterocycles. The molecule has 3 fully saturated rings. The molecule has 1 aromatic rings. The average molecular weight is 413 g/mol. The number of hydrogen-bond acceptors (Lipinski definition) is 5. The van der Waals surface area contributed by atoms with Crippen molar-refractivity contribution < 1.29 is 9.53 Å². The monoisotopic (exact) mass is 412 g/mol. The molecule has 0 spiro atoms. The maximum absolute atomic E-state index is 13.0. The Hall–Kier alpha value is -1.63. The van der Waals surface area contributed by atoms with Crippen LogP contribution < -0.4 is 15.4 Å². The topological polar surface area (TPSA) is 56.8 Å². The van der Waals surface area contributed by atoms with Gasteiger partial charge in [0.1, 0.15) is 5.75 Å². The minimum atomic E-state index is -0.184. The van der Waals surface area contributed by atoms with Crippen LogP contribution >= 0.6 is 0 Å². The molecule has 6 heteroatoms. The zero-order valence-corrected chi connectivity index (χ0v) is 18.7. The maximum Gasteiger partial charge on any atom is 0.242 e. The second kappa shape index (κ2) is 7.81. The SMILES string of the molecule is COc1cc2c(cc1NC(=O)C1CN(C)CCN1)C[C@H]1C3CCCC[C@@]23CCN1C. The molecular formula is C24H36N4O2. The molecule has 6 nitrogen and oxygen atoms in total. The van der Waals surface area contributed by atoms with Crippen LogP contribution in [-0.4, -0.2) is 75.2 Å². The highest BCUT2D eigenvalue weighted by Crippen LogP contribution is 2.56. The first kappa shape index (κ1) is 20.3. The number of ether oxygens (including phenoxy) is 1. The Morgan fingerprint density at radius 2 is 2.10 bits per heavy atom. The Bertz CT molecular complexity index is 828. The van der Waals surface area contributed by atoms with Gasteiger partial charge in [-0.2, -0.15) is 0 Å². The molecule has 2 unspecified atom stereocenters. The van der Waals surface area contributed by atoms with Crippen molar-refractivity contribution in [2.45, 2.75) is 56.0 Å². The average Bonchev–Trinajstić information content (AvgIpc) is 2.76. The smallest absolute Gasteiger partial charge is 0.242 e. The predicted octanol–water partition coefficient (Wildman–Crippen LogP) is 2.23. The first-order valence-corrected chi connectivity index (χ1v) is 11.7. The Kier molecular flexibility index (Phi) is 5.28. The number of carbonyl (C=O) groups excluding carboxylic acids is 1. The molecule has 1 saturated carbocycles. The number of hydrogen-bond donors (Lipinski definition) is 2. The number of piperidine rings is 1. The summed E-state index contributed by atoms with van der Waals surface area (Å²) >= 11 is 0. The summed E-state index contributed by atoms with van der Waals surface area (Å²) in [5.74, 6) is 1.59. The van der Waals surface area contributed by atoms with Gasteiger partial charge >= 0.3 is 0 Å². The Balaban J connectivity index is 1.48. The van der Waals surface area contributed by atoms with Crippen molar-refractivity contribution in [2.24, 2.45) is 5.92 Å². The van der Waals surface area contributed by atoms with E-state index < -0.39 is 0 Å². The first-order valence-electron chi connectivity index (χ1n) is 11.7. The third-order valence-electron chi connectivity index (χ3n) is 8.38. The van der Waals surface area contributed by atoms with Gasteiger partial charge in [0.15, 0.2) is 0 Å². The number of carbonyl (C=O) groups is 1. The minimum absolute atomic E-state index is 0.0293. The number of nitrogens with zero attached hydrogens (tertiary/aromatic N) is 2. The number of likely N-dealkylation sites (N-methyl/N-ethyl adjacent to an activating group) is 2. The van der Waals surface area contributed by atoms with Crippen LogP contribution in [-0.2, 0) is 16.6 Å². The summed E-state index contributed by atoms with van der Waals surface area (Å²) < 4.78 is 5.80. The van der Waals surface area contributed by atoms with Crippen LogP contribution in [0.15, 0.2) is 12.1 Å². The second-order valence-corrected chi connectivity index (χ2v) is 9.98. The molecule has 30 heavy (non-hydrogen) atoms. The van der Waals surface area contributed by atoms with E-state index in [9.17, 15) is 4.79 Å². The van der Waals surface area contributed by atoms with Gasteiger partial charge in [-0.1, -0.05) is 12.8 Å². The van der Waals surface area contributed by atoms with E-state index >= 15 is 0 Å². The summed E-state index contributed by atoms with van der Waals surface area (Å²) in [6, 6.07) is 4.93. The van der Waals surface area contributed by atoms with Crippen molar-refractivity contribution >= 4 is 11.6 Å². The van der Waals surface area contributed by atoms with Crippen molar-refractivity contribution in [3.63, 3.8) is 0 Å². The zero-order chi connectivity index (χ0) is 20.9. The number of benzene rings is 1. The molecule has 2 bridgehead atoms. The van der Waals surface area contributed by atoms with Crippen molar-refractivity contribution in [1.82, 2.24) is 15.1 Å². The molecule has 2 aliphatic heterocycles. The Morgan fingerprint density at radius 3 is 2.90 bits per heavy atom. The molecule has 0 aromatic heterocycles. The molecule has 0 radical (unpaired) electrons. The third kappa shape index (κ3) is 3.24. The molecule has 1 amide bonds. The normalized spacial score (nSPS) is 34.0. The number of piperazine rings is 1. The number of likely N-dealkylation sites (tertiary alicyclic amines) is 1. The van der Waals surface area contributed by atoms with E-state index in [1.807, 2.05) is 0 Å². The van der Waals surface area contributed by atoms with Gasteiger partial charge in [-0.25, -0.2) is 0 Å². The molecule has 2 aliphatic carbocycles. The van der Waals surface area contributed by atoms with E-state index in [2.05, 4.69) is 46.7 Å². The number of amides is 1. The van der Waals surface area contributed by atoms with Gasteiger partial charge in [-0.05, 0) is 75.5 Å². The minimum Gasteiger partial charge on any atom is -0.495 e. The maximum atomic E-state index is 13.0. The van der Waals surface area contributed by atoms with Crippen LogP contribution in [0.1, 0.15) is 43.2 Å². The van der Waals surface area contributed by atoms with E-state index in [1.165, 1.54) is 49.8 Å². The molecule has 1 aromatic carbocycles. The van der Waals surface area contributed by atoms with Gasteiger partial charge in [0.25, 0.3) is 0 Å². The molecular weight excluding hydrogens is 376 g/mol. The summed E-state index contributed by atoms with van der Waals surface area (Å²) in [6.45, 7) is 3.73. The Labute approximate surface area is 180 Å². The van der Waals surface area contributed by atoms with Crippen LogP contribution in [0.25, 0.3) is 0 Å². The highest BCUT2D eigenvalue weighted by molar-refractivity contribution is 5.96. The van der Waals surface area contributed by atoms with Crippen LogP contribution in [0, 0.1) is 5.92 Å². The summed E-state index contributed by atoms with van der Waals surface area (Å²) in [7, 11) is 6.09. The lowest BCUT2D eigenvalue weighted by Crippen LogP contribution is -2.59. The van der Waals surface area contributed by atoms with Crippen molar-refractivity contribution in [2.75, 3.05) is 52.7 Å². The number of anilines is 1. The van der Waals surface area contributed by atoms with E-state index in [4.69, 9.17) is 4.74 Å². The molecule has 164 valence electrons. The highest BCUT2D eigenvalue weighted by Gasteiger charge is 2.53. The molecule has 4 atom stereocenters. The fourth-order valence-electron chi connectivity index (χ4n) is 6.79. The Morgan fingerprint density at radius 1 is 1.23 bits per heavy atom. The molecule has 2 N–H and O–H groups in total. The van der Waals surface area contributed by atoms with Gasteiger partial charge in [-0.3, -0.25) is 4.79 Å². The highest BCUT2D eigenvalue weighted by atomic mass is 16.5. The lowest BCUT2D eigenvalue weighted by molar-refractivity contribution is -0.119. The summed E-state index contributed by atoms with van der Waals surface area (Å²) in [5, 5.41) is 6.52. The van der Waals surface area contributed by atoms with Crippen molar-refractivity contribution in [3.05, 3.63) is 23.3 Å². The number of fused-ring (bicyclic) bond motifs is 1. The number of nitrogens with one attached hydrogen (secondary N) is 2. The summed E-state index contributed by atoms with van der Waals surface area (Å²) in [6.07, 6.45) is 7.65. The fourth-order valence-corrected chi connectivity index (χ4v) is 6.79. The largest absolute Gasteiger partial charge is 0.495 e. The van der Waals surface area contributed by atoms with Crippen molar-refractivity contribution in [3.8, 4) is 5.75 Å². The molecule has 5 rings (SSSR count). The third-order valence-corrected chi connectivity index (χ3v) is 8.38. The van der Waals surface area contributed by atoms with Gasteiger partial charge in [0.2, 0.25) is 5.91 Å². The van der Waals surface area contributed by atoms with Gasteiger partial charge in [0.05, 0.1) is 18.8 Å². The predicted molar refractivity (Wildman–Crippen MR) is 119 cm³/mol. The lowest BCUT2D eigenvalue weighted by Gasteiger charge is -2.58. The summed E-state index contributed by atoms with van der Waals surface area (Å²) in [5.41, 5.74) is 4.03. The fraction of sp³-hybridized carbons (Fsp3) is 0.708. The quantitative estimate of drug-likeness (QED) is 0.797. The van der Waals surface area contributed by atoms with Crippen LogP contribution in [0.3, 0.4) is 0 Å². The van der Waals surface area contributed by atoms with Gasteiger partial charge in [-0.15, -0.1) is 0 Å². The van der Waals surface area contributed by atoms with E-state index in [0.717, 1.165) is 43.4 Å². The number of methoxy groups -OCH3 is 1. The number of rotatable bonds is 3. The van der Waals surface area contributed by atoms with E-state index in [1.54, 1.807) is 7.11 Å². The molecule has 4 aliphatic rings. The van der Waals surface area contributed by atoms with Crippen LogP contribution in [0.2, 0.25) is 0 Å². The lowest BCUT2D eigenvalue weighted by atomic mass is 9.52. The first-order chi connectivity index (χ1) is 14.5. The summed E-state index contributed by atoms with van der Waals surface area (Å²) in [4.78, 5) is 17.7. The second-order valence-electron chi connectivity index (χ2n) is 9.98. The standard InChI is InChI=1S/C24H36N4O2/c1-27-11-9-25-20(15-27)23(29)26-19-12-16-13-21-17-6-4-5-7-24(17,8-10-28(21)2)18(16)14-22(19)30-3/h12,14,17,20-21,25H,4-11,13,15H2,1-3H3,(H,26,29)/t17?,20?,21-,24-/m0/s1. The van der Waals surface area contributed by atoms with Crippen LogP contribution in [0.4, 0.5) is 5.69 Å².